The largest absolute Gasteiger partial charge is 0.467 e. The third-order valence-corrected chi connectivity index (χ3v) is 6.09. The number of hydrogen-bond donors (Lipinski definition) is 0. The molecule has 1 fully saturated rings. The molecule has 4 rings (SSSR count). The van der Waals surface area contributed by atoms with Crippen molar-refractivity contribution in [3.63, 3.8) is 0 Å². The fourth-order valence-corrected chi connectivity index (χ4v) is 4.49. The Kier molecular flexibility index (Phi) is 5.41. The molecule has 2 aromatic rings. The molecular weight excluding hydrogens is 436 g/mol. The monoisotopic (exact) mass is 456 g/mol. The van der Waals surface area contributed by atoms with Gasteiger partial charge in [-0.25, -0.2) is 4.79 Å². The first kappa shape index (κ1) is 19.6. The summed E-state index contributed by atoms with van der Waals surface area (Å²) >= 11 is 3.42. The lowest BCUT2D eigenvalue weighted by Crippen LogP contribution is -2.51. The van der Waals surface area contributed by atoms with E-state index in [4.69, 9.17) is 4.74 Å². The second kappa shape index (κ2) is 7.99. The fourth-order valence-electron chi connectivity index (χ4n) is 4.10. The van der Waals surface area contributed by atoms with Crippen LogP contribution < -0.4 is 4.90 Å². The Morgan fingerprint density at radius 3 is 2.55 bits per heavy atom. The summed E-state index contributed by atoms with van der Waals surface area (Å²) in [6.07, 6.45) is 0.558. The van der Waals surface area contributed by atoms with Gasteiger partial charge in [0.25, 0.3) is 0 Å². The van der Waals surface area contributed by atoms with E-state index in [1.807, 2.05) is 48.5 Å². The van der Waals surface area contributed by atoms with Gasteiger partial charge in [-0.3, -0.25) is 9.59 Å². The van der Waals surface area contributed by atoms with Crippen LogP contribution in [0, 0.1) is 5.92 Å². The fraction of sp³-hybridized carbons (Fsp3) is 0.318. The van der Waals surface area contributed by atoms with E-state index in [1.54, 1.807) is 9.80 Å². The molecule has 0 radical (unpaired) electrons. The number of fused-ring (bicyclic) bond motifs is 1. The molecular formula is C22H21BrN2O4. The average Bonchev–Trinajstić information content (AvgIpc) is 3.13. The minimum absolute atomic E-state index is 0.0894. The highest BCUT2D eigenvalue weighted by Crippen LogP contribution is 2.31. The quantitative estimate of drug-likeness (QED) is 0.665. The smallest absolute Gasteiger partial charge is 0.328 e. The number of nitrogens with zero attached hydrogens (tertiary/aromatic N) is 2. The molecule has 2 unspecified atom stereocenters. The van der Waals surface area contributed by atoms with Crippen molar-refractivity contribution in [2.75, 3.05) is 18.6 Å². The van der Waals surface area contributed by atoms with Crippen LogP contribution in [0.5, 0.6) is 0 Å². The van der Waals surface area contributed by atoms with Crippen LogP contribution in [0.4, 0.5) is 5.69 Å². The van der Waals surface area contributed by atoms with Crippen molar-refractivity contribution in [3.05, 3.63) is 64.1 Å². The van der Waals surface area contributed by atoms with Crippen molar-refractivity contribution >= 4 is 39.4 Å². The minimum atomic E-state index is -0.669. The Morgan fingerprint density at radius 2 is 1.83 bits per heavy atom. The SMILES string of the molecule is COC(=O)C1Cc2ccccc2CN1C(=O)C1CC(=O)N(c2cccc(Br)c2)C1. The van der Waals surface area contributed by atoms with Gasteiger partial charge in [0.1, 0.15) is 6.04 Å². The molecule has 7 heteroatoms. The van der Waals surface area contributed by atoms with Crippen LogP contribution in [0.15, 0.2) is 53.0 Å². The predicted molar refractivity (Wildman–Crippen MR) is 111 cm³/mol. The van der Waals surface area contributed by atoms with Gasteiger partial charge >= 0.3 is 5.97 Å². The summed E-state index contributed by atoms with van der Waals surface area (Å²) in [6.45, 7) is 0.649. The zero-order valence-electron chi connectivity index (χ0n) is 16.0. The molecule has 0 spiro atoms. The number of esters is 1. The van der Waals surface area contributed by atoms with Gasteiger partial charge < -0.3 is 14.5 Å². The van der Waals surface area contributed by atoms with E-state index in [1.165, 1.54) is 7.11 Å². The van der Waals surface area contributed by atoms with Crippen molar-refractivity contribution in [1.29, 1.82) is 0 Å². The molecule has 29 heavy (non-hydrogen) atoms. The number of anilines is 1. The van der Waals surface area contributed by atoms with Crippen LogP contribution in [0.3, 0.4) is 0 Å². The molecule has 150 valence electrons. The molecule has 0 saturated carbocycles. The van der Waals surface area contributed by atoms with Crippen molar-refractivity contribution in [2.45, 2.75) is 25.4 Å². The standard InChI is InChI=1S/C22H21BrN2O4/c1-29-22(28)19-9-14-5-2-3-6-15(14)12-25(19)21(27)16-10-20(26)24(13-16)18-8-4-7-17(23)11-18/h2-8,11,16,19H,9-10,12-13H2,1H3. The molecule has 0 bridgehead atoms. The summed E-state index contributed by atoms with van der Waals surface area (Å²) in [5, 5.41) is 0. The number of rotatable bonds is 3. The van der Waals surface area contributed by atoms with Gasteiger partial charge in [0.15, 0.2) is 0 Å². The van der Waals surface area contributed by atoms with E-state index < -0.39 is 17.9 Å². The van der Waals surface area contributed by atoms with E-state index in [2.05, 4.69) is 15.9 Å². The normalized spacial score (nSPS) is 21.1. The lowest BCUT2D eigenvalue weighted by Gasteiger charge is -2.36. The van der Waals surface area contributed by atoms with E-state index in [0.29, 0.717) is 19.5 Å². The third kappa shape index (κ3) is 3.79. The van der Waals surface area contributed by atoms with Gasteiger partial charge in [-0.2, -0.15) is 0 Å². The number of ether oxygens (including phenoxy) is 1. The summed E-state index contributed by atoms with van der Waals surface area (Å²) in [6, 6.07) is 14.6. The number of carbonyl (C=O) groups excluding carboxylic acids is 3. The van der Waals surface area contributed by atoms with E-state index >= 15 is 0 Å². The van der Waals surface area contributed by atoms with Crippen molar-refractivity contribution in [2.24, 2.45) is 5.92 Å². The molecule has 2 heterocycles. The Hall–Kier alpha value is -2.67. The zero-order chi connectivity index (χ0) is 20.5. The Labute approximate surface area is 177 Å². The summed E-state index contributed by atoms with van der Waals surface area (Å²) in [7, 11) is 1.33. The minimum Gasteiger partial charge on any atom is -0.467 e. The van der Waals surface area contributed by atoms with Crippen molar-refractivity contribution in [1.82, 2.24) is 4.90 Å². The van der Waals surface area contributed by atoms with Crippen LogP contribution in [-0.4, -0.2) is 42.4 Å². The summed E-state index contributed by atoms with van der Waals surface area (Å²) in [4.78, 5) is 41.6. The van der Waals surface area contributed by atoms with Crippen LogP contribution in [-0.2, 0) is 32.1 Å². The second-order valence-electron chi connectivity index (χ2n) is 7.36. The lowest BCUT2D eigenvalue weighted by molar-refractivity contribution is -0.155. The average molecular weight is 457 g/mol. The van der Waals surface area contributed by atoms with Gasteiger partial charge in [-0.1, -0.05) is 46.3 Å². The Bertz CT molecular complexity index is 977. The number of carbonyl (C=O) groups is 3. The van der Waals surface area contributed by atoms with Crippen LogP contribution >= 0.6 is 15.9 Å². The summed E-state index contributed by atoms with van der Waals surface area (Å²) < 4.78 is 5.83. The summed E-state index contributed by atoms with van der Waals surface area (Å²) in [5.74, 6) is -1.19. The van der Waals surface area contributed by atoms with Gasteiger partial charge in [-0.15, -0.1) is 0 Å². The highest BCUT2D eigenvalue weighted by molar-refractivity contribution is 9.10. The molecule has 2 amide bonds. The molecule has 0 N–H and O–H groups in total. The third-order valence-electron chi connectivity index (χ3n) is 5.60. The molecule has 2 atom stereocenters. The molecule has 2 aromatic carbocycles. The van der Waals surface area contributed by atoms with Crippen LogP contribution in [0.1, 0.15) is 17.5 Å². The molecule has 0 aliphatic carbocycles. The molecule has 0 aromatic heterocycles. The van der Waals surface area contributed by atoms with Crippen LogP contribution in [0.25, 0.3) is 0 Å². The molecule has 2 aliphatic rings. The lowest BCUT2D eigenvalue weighted by atomic mass is 9.92. The summed E-state index contributed by atoms with van der Waals surface area (Å²) in [5.41, 5.74) is 2.83. The first-order chi connectivity index (χ1) is 14.0. The Balaban J connectivity index is 1.58. The van der Waals surface area contributed by atoms with E-state index in [-0.39, 0.29) is 18.2 Å². The second-order valence-corrected chi connectivity index (χ2v) is 8.28. The van der Waals surface area contributed by atoms with Crippen molar-refractivity contribution < 1.29 is 19.1 Å². The van der Waals surface area contributed by atoms with Crippen LogP contribution in [0.2, 0.25) is 0 Å². The predicted octanol–water partition coefficient (Wildman–Crippen LogP) is 2.93. The maximum atomic E-state index is 13.4. The van der Waals surface area contributed by atoms with Crippen molar-refractivity contribution in [3.8, 4) is 0 Å². The highest BCUT2D eigenvalue weighted by atomic mass is 79.9. The first-order valence-electron chi connectivity index (χ1n) is 9.49. The maximum Gasteiger partial charge on any atom is 0.328 e. The zero-order valence-corrected chi connectivity index (χ0v) is 17.6. The molecule has 1 saturated heterocycles. The number of benzene rings is 2. The van der Waals surface area contributed by atoms with Gasteiger partial charge in [-0.05, 0) is 29.3 Å². The number of hydrogen-bond acceptors (Lipinski definition) is 4. The van der Waals surface area contributed by atoms with Gasteiger partial charge in [0, 0.05) is 36.1 Å². The number of methoxy groups -OCH3 is 1. The maximum absolute atomic E-state index is 13.4. The molecule has 2 aliphatic heterocycles. The topological polar surface area (TPSA) is 66.9 Å². The van der Waals surface area contributed by atoms with Gasteiger partial charge in [0.2, 0.25) is 11.8 Å². The van der Waals surface area contributed by atoms with Gasteiger partial charge in [0.05, 0.1) is 13.0 Å². The van der Waals surface area contributed by atoms with E-state index in [0.717, 1.165) is 21.3 Å². The molecule has 6 nitrogen and oxygen atoms in total. The Morgan fingerprint density at radius 1 is 1.07 bits per heavy atom. The first-order valence-corrected chi connectivity index (χ1v) is 10.3. The highest BCUT2D eigenvalue weighted by Gasteiger charge is 2.42. The van der Waals surface area contributed by atoms with E-state index in [9.17, 15) is 14.4 Å². The number of amides is 2. The number of halogens is 1.